The molecule has 0 aromatic carbocycles. The van der Waals surface area contributed by atoms with Crippen molar-refractivity contribution in [2.45, 2.75) is 18.6 Å². The summed E-state index contributed by atoms with van der Waals surface area (Å²) in [5.41, 5.74) is 3.12. The van der Waals surface area contributed by atoms with Gasteiger partial charge in [-0.15, -0.1) is 11.8 Å². The number of fused-ring (bicyclic) bond motifs is 1. The monoisotopic (exact) mass is 208 g/mol. The van der Waals surface area contributed by atoms with Crippen LogP contribution >= 0.6 is 11.8 Å². The first kappa shape index (κ1) is 9.55. The molecule has 0 fully saturated rings. The molecule has 2 heterocycles. The van der Waals surface area contributed by atoms with Crippen molar-refractivity contribution >= 4 is 17.3 Å². The molecule has 14 heavy (non-hydrogen) atoms. The van der Waals surface area contributed by atoms with Gasteiger partial charge < -0.3 is 9.51 Å². The van der Waals surface area contributed by atoms with Gasteiger partial charge in [0.2, 0.25) is 0 Å². The Balaban J connectivity index is 2.77. The van der Waals surface area contributed by atoms with Gasteiger partial charge in [-0.1, -0.05) is 0 Å². The highest BCUT2D eigenvalue weighted by molar-refractivity contribution is 7.98. The second-order valence-corrected chi connectivity index (χ2v) is 3.90. The molecule has 0 bridgehead atoms. The standard InChI is InChI=1S/C10H12N2OS/c1-7-8(6-13)5-9-10(14-2)11-3-4-12(7)9/h3-5,13H,6H2,1-2H3. The Morgan fingerprint density at radius 3 is 3.00 bits per heavy atom. The number of hydrogen-bond donors (Lipinski definition) is 1. The fourth-order valence-electron chi connectivity index (χ4n) is 1.58. The van der Waals surface area contributed by atoms with Gasteiger partial charge in [-0.05, 0) is 24.8 Å². The summed E-state index contributed by atoms with van der Waals surface area (Å²) in [7, 11) is 0. The minimum absolute atomic E-state index is 0.0847. The van der Waals surface area contributed by atoms with Gasteiger partial charge in [-0.3, -0.25) is 0 Å². The molecule has 0 amide bonds. The summed E-state index contributed by atoms with van der Waals surface area (Å²) < 4.78 is 2.06. The zero-order chi connectivity index (χ0) is 10.1. The lowest BCUT2D eigenvalue weighted by Crippen LogP contribution is -1.91. The van der Waals surface area contributed by atoms with E-state index in [4.69, 9.17) is 5.11 Å². The van der Waals surface area contributed by atoms with Crippen LogP contribution in [0.3, 0.4) is 0 Å². The van der Waals surface area contributed by atoms with Crippen LogP contribution in [0.4, 0.5) is 0 Å². The Hall–Kier alpha value is -1.00. The first-order valence-electron chi connectivity index (χ1n) is 4.38. The van der Waals surface area contributed by atoms with Crippen LogP contribution in [-0.2, 0) is 6.61 Å². The molecule has 0 unspecified atom stereocenters. The maximum Gasteiger partial charge on any atom is 0.120 e. The quantitative estimate of drug-likeness (QED) is 0.765. The van der Waals surface area contributed by atoms with Gasteiger partial charge in [0.05, 0.1) is 12.1 Å². The van der Waals surface area contributed by atoms with Crippen LogP contribution in [0.5, 0.6) is 0 Å². The molecule has 2 aromatic heterocycles. The largest absolute Gasteiger partial charge is 0.392 e. The summed E-state index contributed by atoms with van der Waals surface area (Å²) in [4.78, 5) is 4.27. The van der Waals surface area contributed by atoms with Crippen molar-refractivity contribution in [1.29, 1.82) is 0 Å². The highest BCUT2D eigenvalue weighted by Crippen LogP contribution is 2.23. The predicted octanol–water partition coefficient (Wildman–Crippen LogP) is 1.86. The van der Waals surface area contributed by atoms with Gasteiger partial charge in [-0.25, -0.2) is 4.98 Å². The van der Waals surface area contributed by atoms with Crippen LogP contribution in [0, 0.1) is 6.92 Å². The summed E-state index contributed by atoms with van der Waals surface area (Å²) in [5, 5.41) is 10.1. The Labute approximate surface area is 86.8 Å². The third-order valence-corrected chi connectivity index (χ3v) is 3.09. The first-order valence-corrected chi connectivity index (χ1v) is 5.60. The molecule has 0 aliphatic heterocycles. The van der Waals surface area contributed by atoms with Crippen LogP contribution < -0.4 is 0 Å². The molecule has 0 aliphatic rings. The normalized spacial score (nSPS) is 11.1. The number of aryl methyl sites for hydroxylation is 1. The smallest absolute Gasteiger partial charge is 0.120 e. The van der Waals surface area contributed by atoms with E-state index >= 15 is 0 Å². The van der Waals surface area contributed by atoms with Crippen LogP contribution in [0.15, 0.2) is 23.5 Å². The van der Waals surface area contributed by atoms with Crippen molar-refractivity contribution in [2.75, 3.05) is 6.26 Å². The van der Waals surface area contributed by atoms with E-state index in [0.29, 0.717) is 0 Å². The number of hydrogen-bond acceptors (Lipinski definition) is 3. The molecule has 2 rings (SSSR count). The minimum atomic E-state index is 0.0847. The molecule has 0 spiro atoms. The van der Waals surface area contributed by atoms with E-state index in [2.05, 4.69) is 9.38 Å². The third kappa shape index (κ3) is 1.31. The van der Waals surface area contributed by atoms with E-state index in [0.717, 1.165) is 21.8 Å². The number of aliphatic hydroxyl groups excluding tert-OH is 1. The number of nitrogens with zero attached hydrogens (tertiary/aromatic N) is 2. The first-order chi connectivity index (χ1) is 6.77. The highest BCUT2D eigenvalue weighted by Gasteiger charge is 2.08. The molecule has 0 saturated carbocycles. The van der Waals surface area contributed by atoms with E-state index in [1.807, 2.05) is 25.4 Å². The van der Waals surface area contributed by atoms with Gasteiger partial charge in [0.15, 0.2) is 0 Å². The second kappa shape index (κ2) is 3.63. The van der Waals surface area contributed by atoms with Crippen molar-refractivity contribution in [1.82, 2.24) is 9.38 Å². The fourth-order valence-corrected chi connectivity index (χ4v) is 2.12. The SMILES string of the molecule is CSc1nccn2c(C)c(CO)cc12. The Morgan fingerprint density at radius 2 is 2.36 bits per heavy atom. The molecule has 0 atom stereocenters. The minimum Gasteiger partial charge on any atom is -0.392 e. The highest BCUT2D eigenvalue weighted by atomic mass is 32.2. The zero-order valence-corrected chi connectivity index (χ0v) is 9.01. The molecule has 3 nitrogen and oxygen atoms in total. The average Bonchev–Trinajstić information content (AvgIpc) is 2.55. The van der Waals surface area contributed by atoms with Gasteiger partial charge in [0.1, 0.15) is 5.03 Å². The molecule has 0 radical (unpaired) electrons. The van der Waals surface area contributed by atoms with Gasteiger partial charge >= 0.3 is 0 Å². The van der Waals surface area contributed by atoms with Gasteiger partial charge in [0.25, 0.3) is 0 Å². The zero-order valence-electron chi connectivity index (χ0n) is 8.19. The molecule has 0 saturated heterocycles. The van der Waals surface area contributed by atoms with Crippen LogP contribution in [0.1, 0.15) is 11.3 Å². The lowest BCUT2D eigenvalue weighted by Gasteiger charge is -2.00. The maximum atomic E-state index is 9.14. The lowest BCUT2D eigenvalue weighted by atomic mass is 10.3. The molecule has 74 valence electrons. The molecule has 2 aromatic rings. The van der Waals surface area contributed by atoms with Crippen molar-refractivity contribution in [2.24, 2.45) is 0 Å². The Kier molecular flexibility index (Phi) is 2.48. The molecule has 4 heteroatoms. The Bertz CT molecular complexity index is 464. The van der Waals surface area contributed by atoms with E-state index in [-0.39, 0.29) is 6.61 Å². The van der Waals surface area contributed by atoms with Crippen LogP contribution in [0.2, 0.25) is 0 Å². The van der Waals surface area contributed by atoms with Crippen LogP contribution in [0.25, 0.3) is 5.52 Å². The van der Waals surface area contributed by atoms with Crippen molar-refractivity contribution in [3.8, 4) is 0 Å². The molecule has 0 aliphatic carbocycles. The Morgan fingerprint density at radius 1 is 1.57 bits per heavy atom. The van der Waals surface area contributed by atoms with Gasteiger partial charge in [0, 0.05) is 18.1 Å². The van der Waals surface area contributed by atoms with E-state index in [9.17, 15) is 0 Å². The summed E-state index contributed by atoms with van der Waals surface area (Å²) >= 11 is 1.62. The third-order valence-electron chi connectivity index (χ3n) is 2.39. The summed E-state index contributed by atoms with van der Waals surface area (Å²) in [6.07, 6.45) is 5.71. The average molecular weight is 208 g/mol. The number of rotatable bonds is 2. The number of aromatic nitrogens is 2. The molecular weight excluding hydrogens is 196 g/mol. The number of thioether (sulfide) groups is 1. The molecular formula is C10H12N2OS. The summed E-state index contributed by atoms with van der Waals surface area (Å²) in [6.45, 7) is 2.09. The van der Waals surface area contributed by atoms with Crippen molar-refractivity contribution in [3.63, 3.8) is 0 Å². The van der Waals surface area contributed by atoms with Crippen molar-refractivity contribution in [3.05, 3.63) is 29.7 Å². The number of aliphatic hydroxyl groups is 1. The van der Waals surface area contributed by atoms with E-state index in [1.165, 1.54) is 0 Å². The second-order valence-electron chi connectivity index (χ2n) is 3.10. The summed E-state index contributed by atoms with van der Waals surface area (Å²) in [6, 6.07) is 1.99. The predicted molar refractivity (Wildman–Crippen MR) is 57.6 cm³/mol. The summed E-state index contributed by atoms with van der Waals surface area (Å²) in [5.74, 6) is 0. The van der Waals surface area contributed by atoms with Crippen LogP contribution in [-0.4, -0.2) is 20.7 Å². The molecule has 1 N–H and O–H groups in total. The fraction of sp³-hybridized carbons (Fsp3) is 0.300. The topological polar surface area (TPSA) is 37.5 Å². The van der Waals surface area contributed by atoms with E-state index < -0.39 is 0 Å². The van der Waals surface area contributed by atoms with E-state index in [1.54, 1.807) is 18.0 Å². The van der Waals surface area contributed by atoms with Gasteiger partial charge in [-0.2, -0.15) is 0 Å². The van der Waals surface area contributed by atoms with Crippen molar-refractivity contribution < 1.29 is 5.11 Å². The lowest BCUT2D eigenvalue weighted by molar-refractivity contribution is 0.281. The maximum absolute atomic E-state index is 9.14.